The number of aryl methyl sites for hydroxylation is 4. The fraction of sp³-hybridized carbons (Fsp3) is 0.269. The van der Waals surface area contributed by atoms with Crippen molar-refractivity contribution in [2.45, 2.75) is 89.8 Å². The first-order chi connectivity index (χ1) is 38.4. The number of alkyl halides is 6. The number of benzene rings is 2. The van der Waals surface area contributed by atoms with Crippen LogP contribution in [0.4, 0.5) is 48.2 Å². The third-order valence-corrected chi connectivity index (χ3v) is 12.5. The zero-order chi connectivity index (χ0) is 56.7. The zero-order valence-corrected chi connectivity index (χ0v) is 44.9. The van der Waals surface area contributed by atoms with Crippen LogP contribution in [0.5, 0.6) is 11.5 Å². The van der Waals surface area contributed by atoms with E-state index in [1.54, 1.807) is 60.9 Å². The molecule has 8 aromatic rings. The summed E-state index contributed by atoms with van der Waals surface area (Å²) >= 11 is 2.66. The molecule has 6 aromatic heterocycles. The maximum absolute atomic E-state index is 12.4. The third kappa shape index (κ3) is 23.3. The maximum Gasteiger partial charge on any atom is 0.573 e. The van der Waals surface area contributed by atoms with E-state index >= 15 is 0 Å². The Morgan fingerprint density at radius 2 is 0.827 bits per heavy atom. The number of nitrogens with one attached hydrogen (secondary N) is 4. The summed E-state index contributed by atoms with van der Waals surface area (Å²) in [6.45, 7) is 0. The van der Waals surface area contributed by atoms with Crippen LogP contribution in [0.3, 0.4) is 0 Å². The molecule has 0 aliphatic carbocycles. The van der Waals surface area contributed by atoms with E-state index in [0.29, 0.717) is 58.5 Å². The number of nitrogens with zero attached hydrogens (tertiary/aromatic N) is 10. The van der Waals surface area contributed by atoms with Gasteiger partial charge in [0.1, 0.15) is 21.5 Å². The van der Waals surface area contributed by atoms with Gasteiger partial charge in [0.15, 0.2) is 11.6 Å². The molecule has 29 heteroatoms. The summed E-state index contributed by atoms with van der Waals surface area (Å²) in [7, 11) is 0. The predicted octanol–water partition coefficient (Wildman–Crippen LogP) is 9.52. The van der Waals surface area contributed by atoms with Crippen LogP contribution in [0.15, 0.2) is 122 Å². The lowest BCUT2D eigenvalue weighted by Crippen LogP contribution is -2.18. The van der Waals surface area contributed by atoms with Crippen molar-refractivity contribution in [3.63, 3.8) is 0 Å². The first-order valence-electron chi connectivity index (χ1n) is 24.4. The first kappa shape index (κ1) is 61.6. The van der Waals surface area contributed by atoms with Crippen molar-refractivity contribution in [2.24, 2.45) is 0 Å². The van der Waals surface area contributed by atoms with Crippen LogP contribution < -0.4 is 30.7 Å². The number of hydrogen-bond acceptors (Lipinski definition) is 18. The third-order valence-electron chi connectivity index (χ3n) is 10.7. The van der Waals surface area contributed by atoms with E-state index in [2.05, 4.69) is 81.5 Å². The fourth-order valence-electron chi connectivity index (χ4n) is 7.21. The monoisotopic (exact) mass is 1180 g/mol. The number of unbranched alkanes of at least 4 members (excludes halogenated alkanes) is 2. The standard InChI is InChI=1S/2C26H24F3N7O3S.ClH/c2*27-26(28,29)39-20-9-5-6-17(14-20)15-22(37)31-21-12-11-18(33-34-21)7-1-2-10-24-35-36-25(40-24)32-23(38)16-19-8-3-4-13-30-19;/h2*3-6,8-9,11-14H,1-2,7,10,15-16H2,(H,31,34,37)(H,32,36,38);1H. The SMILES string of the molecule is Cl.O=C(Cc1cccc(OC(F)(F)F)c1)Nc1ccc(CCCCc2nnc(NC(=O)Cc3ccccn3)s2)nn1.O=C(Cc1cccc(OC(F)(F)F)c1)Nc1ccc(CCCCc2nnc(NC(=O)Cc3ccccn3)s2)nn1. The minimum atomic E-state index is -4.81. The van der Waals surface area contributed by atoms with Crippen molar-refractivity contribution in [1.29, 1.82) is 0 Å². The first-order valence-corrected chi connectivity index (χ1v) is 26.1. The molecule has 6 heterocycles. The summed E-state index contributed by atoms with van der Waals surface area (Å²) in [5, 5.41) is 45.7. The van der Waals surface area contributed by atoms with E-state index in [0.717, 1.165) is 71.4 Å². The highest BCUT2D eigenvalue weighted by molar-refractivity contribution is 7.15. The Kier molecular flexibility index (Phi) is 23.3. The summed E-state index contributed by atoms with van der Waals surface area (Å²) in [5.74, 6) is -1.61. The summed E-state index contributed by atoms with van der Waals surface area (Å²) in [5.41, 5.74) is 3.56. The van der Waals surface area contributed by atoms with Gasteiger partial charge in [-0.25, -0.2) is 0 Å². The number of aromatic nitrogens is 10. The largest absolute Gasteiger partial charge is 0.573 e. The molecule has 0 fully saturated rings. The van der Waals surface area contributed by atoms with Gasteiger partial charge in [-0.3, -0.25) is 29.1 Å². The zero-order valence-electron chi connectivity index (χ0n) is 42.4. The Labute approximate surface area is 472 Å². The number of carbonyl (C=O) groups is 4. The molecule has 0 saturated carbocycles. The Balaban J connectivity index is 0.000000258. The Bertz CT molecular complexity index is 3060. The van der Waals surface area contributed by atoms with Gasteiger partial charge in [-0.1, -0.05) is 59.1 Å². The van der Waals surface area contributed by atoms with E-state index in [-0.39, 0.29) is 61.5 Å². The number of rotatable bonds is 24. The van der Waals surface area contributed by atoms with Crippen molar-refractivity contribution in [1.82, 2.24) is 50.8 Å². The highest BCUT2D eigenvalue weighted by Crippen LogP contribution is 2.26. The molecule has 0 aliphatic rings. The highest BCUT2D eigenvalue weighted by atomic mass is 35.5. The van der Waals surface area contributed by atoms with Crippen molar-refractivity contribution >= 4 is 80.6 Å². The lowest BCUT2D eigenvalue weighted by molar-refractivity contribution is -0.275. The summed E-state index contributed by atoms with van der Waals surface area (Å²) in [6, 6.07) is 28.0. The molecule has 20 nitrogen and oxygen atoms in total. The van der Waals surface area contributed by atoms with Gasteiger partial charge in [0.2, 0.25) is 33.9 Å². The lowest BCUT2D eigenvalue weighted by Gasteiger charge is -2.10. The topological polar surface area (TPSA) is 264 Å². The quantitative estimate of drug-likeness (QED) is 0.0324. The highest BCUT2D eigenvalue weighted by Gasteiger charge is 2.32. The van der Waals surface area contributed by atoms with Crippen LogP contribution >= 0.6 is 35.1 Å². The average Bonchev–Trinajstić information content (AvgIpc) is 4.06. The molecular formula is C52H49ClF6N14O6S2. The second kappa shape index (κ2) is 30.7. The van der Waals surface area contributed by atoms with Crippen LogP contribution in [0.2, 0.25) is 0 Å². The van der Waals surface area contributed by atoms with Crippen molar-refractivity contribution in [3.05, 3.63) is 166 Å². The van der Waals surface area contributed by atoms with Crippen LogP contribution in [0.1, 0.15) is 69.6 Å². The summed E-state index contributed by atoms with van der Waals surface area (Å²) < 4.78 is 82.1. The molecule has 4 N–H and O–H groups in total. The van der Waals surface area contributed by atoms with Crippen molar-refractivity contribution < 1.29 is 55.0 Å². The molecule has 2 aromatic carbocycles. The van der Waals surface area contributed by atoms with Gasteiger partial charge < -0.3 is 30.7 Å². The van der Waals surface area contributed by atoms with Gasteiger partial charge in [0.05, 0.1) is 37.1 Å². The fourth-order valence-corrected chi connectivity index (χ4v) is 8.80. The lowest BCUT2D eigenvalue weighted by atomic mass is 10.1. The van der Waals surface area contributed by atoms with E-state index in [1.807, 2.05) is 12.1 Å². The molecule has 424 valence electrons. The van der Waals surface area contributed by atoms with Crippen LogP contribution in [-0.2, 0) is 70.5 Å². The molecule has 81 heavy (non-hydrogen) atoms. The molecule has 0 radical (unpaired) electrons. The van der Waals surface area contributed by atoms with Gasteiger partial charge >= 0.3 is 12.7 Å². The normalized spacial score (nSPS) is 11.0. The van der Waals surface area contributed by atoms with Gasteiger partial charge in [-0.15, -0.1) is 69.3 Å². The molecule has 0 saturated heterocycles. The van der Waals surface area contributed by atoms with E-state index < -0.39 is 36.0 Å². The number of amides is 4. The van der Waals surface area contributed by atoms with Gasteiger partial charge in [-0.2, -0.15) is 10.2 Å². The van der Waals surface area contributed by atoms with Crippen molar-refractivity contribution in [3.8, 4) is 11.5 Å². The van der Waals surface area contributed by atoms with Gasteiger partial charge in [0, 0.05) is 36.6 Å². The smallest absolute Gasteiger partial charge is 0.406 e. The molecular weight excluding hydrogens is 1130 g/mol. The van der Waals surface area contributed by atoms with E-state index in [4.69, 9.17) is 0 Å². The second-order valence-electron chi connectivity index (χ2n) is 17.2. The Morgan fingerprint density at radius 3 is 1.20 bits per heavy atom. The molecule has 8 rings (SSSR count). The molecule has 0 atom stereocenters. The number of anilines is 4. The summed E-state index contributed by atoms with van der Waals surface area (Å²) in [4.78, 5) is 57.1. The van der Waals surface area contributed by atoms with Crippen LogP contribution in [0.25, 0.3) is 0 Å². The Morgan fingerprint density at radius 1 is 0.420 bits per heavy atom. The van der Waals surface area contributed by atoms with Crippen molar-refractivity contribution in [2.75, 3.05) is 21.3 Å². The number of ether oxygens (including phenoxy) is 2. The Hall–Kier alpha value is -8.63. The number of pyridine rings is 2. The minimum Gasteiger partial charge on any atom is -0.406 e. The maximum atomic E-state index is 12.4. The number of halogens is 7. The van der Waals surface area contributed by atoms with Gasteiger partial charge in [0.25, 0.3) is 0 Å². The predicted molar refractivity (Wildman–Crippen MR) is 288 cm³/mol. The molecule has 0 aliphatic heterocycles. The number of hydrogen-bond donors (Lipinski definition) is 4. The second-order valence-corrected chi connectivity index (χ2v) is 19.3. The molecule has 0 unspecified atom stereocenters. The molecule has 0 spiro atoms. The molecule has 0 bridgehead atoms. The van der Waals surface area contributed by atoms with Gasteiger partial charge in [-0.05, 0) is 122 Å². The number of carbonyl (C=O) groups excluding carboxylic acids is 4. The van der Waals surface area contributed by atoms with E-state index in [1.165, 1.54) is 46.9 Å². The molecule has 4 amide bonds. The van der Waals surface area contributed by atoms with E-state index in [9.17, 15) is 45.5 Å². The average molecular weight is 1180 g/mol. The van der Waals surface area contributed by atoms with Crippen LogP contribution in [0, 0.1) is 0 Å². The minimum absolute atomic E-state index is 0. The van der Waals surface area contributed by atoms with Crippen LogP contribution in [-0.4, -0.2) is 87.1 Å². The summed E-state index contributed by atoms with van der Waals surface area (Å²) in [6.07, 6.45) is -0.305.